The highest BCUT2D eigenvalue weighted by Gasteiger charge is 2.36. The smallest absolute Gasteiger partial charge is 0.226 e. The first-order valence-corrected chi connectivity index (χ1v) is 23.3. The van der Waals surface area contributed by atoms with Gasteiger partial charge in [-0.25, -0.2) is 9.97 Å². The minimum absolute atomic E-state index is 0.0362. The molecule has 7 N–H and O–H groups in total. The lowest BCUT2D eigenvalue weighted by molar-refractivity contribution is -0.142. The topological polar surface area (TPSA) is 247 Å². The van der Waals surface area contributed by atoms with E-state index in [0.29, 0.717) is 45.1 Å². The fraction of sp³-hybridized carbons (Fsp3) is 0.407. The molecule has 4 bridgehead atoms. The summed E-state index contributed by atoms with van der Waals surface area (Å²) in [5.74, 6) is 3.09. The maximum Gasteiger partial charge on any atom is 0.226 e. The van der Waals surface area contributed by atoms with E-state index in [-0.39, 0.29) is 94.3 Å². The SMILES string of the molecule is CC(C)=C(C)c1ccc(C#Cc2nc(C)c(C(=O)C[C@@H](CCN)C(=O)N(C)[C@@H]3C(=O)C[C@@H](C)C(=O)N[C@H](C(=O)CCC#N)Cc4ccc(OCCN)c(c4)-c4cc3ccc4OCCN)c(C)n2)cc1. The number of nitriles is 1. The van der Waals surface area contributed by atoms with Crippen LogP contribution in [-0.4, -0.2) is 90.0 Å². The van der Waals surface area contributed by atoms with E-state index < -0.39 is 41.5 Å². The van der Waals surface area contributed by atoms with Crippen LogP contribution in [0.5, 0.6) is 11.5 Å². The maximum atomic E-state index is 14.8. The summed E-state index contributed by atoms with van der Waals surface area (Å²) in [4.78, 5) is 81.6. The molecule has 2 heterocycles. The Bertz CT molecular complexity index is 2670. The number of nitrogens with zero attached hydrogens (tertiary/aromatic N) is 4. The molecule has 362 valence electrons. The Hall–Kier alpha value is -7.04. The minimum Gasteiger partial charge on any atom is -0.492 e. The molecule has 2 amide bonds. The lowest BCUT2D eigenvalue weighted by Crippen LogP contribution is -2.46. The average molecular weight is 937 g/mol. The highest BCUT2D eigenvalue weighted by atomic mass is 16.5. The second-order valence-electron chi connectivity index (χ2n) is 17.6. The van der Waals surface area contributed by atoms with Gasteiger partial charge in [-0.15, -0.1) is 0 Å². The van der Waals surface area contributed by atoms with E-state index in [1.807, 2.05) is 36.4 Å². The van der Waals surface area contributed by atoms with Crippen molar-refractivity contribution >= 4 is 34.7 Å². The van der Waals surface area contributed by atoms with Crippen LogP contribution in [0, 0.1) is 48.9 Å². The van der Waals surface area contributed by atoms with Crippen molar-refractivity contribution in [3.05, 3.63) is 111 Å². The zero-order chi connectivity index (χ0) is 50.4. The van der Waals surface area contributed by atoms with E-state index in [9.17, 15) is 29.2 Å². The summed E-state index contributed by atoms with van der Waals surface area (Å²) in [6.07, 6.45) is -0.465. The molecule has 0 radical (unpaired) electrons. The fourth-order valence-electron chi connectivity index (χ4n) is 8.36. The third-order valence-electron chi connectivity index (χ3n) is 12.3. The predicted molar refractivity (Wildman–Crippen MR) is 265 cm³/mol. The number of hydrogen-bond donors (Lipinski definition) is 4. The first-order chi connectivity index (χ1) is 33.0. The van der Waals surface area contributed by atoms with Crippen molar-refractivity contribution in [2.75, 3.05) is 39.9 Å². The van der Waals surface area contributed by atoms with Gasteiger partial charge >= 0.3 is 0 Å². The molecule has 0 spiro atoms. The number of Topliss-reactive ketones (excluding diaryl/α,β-unsaturated/α-hetero) is 3. The van der Waals surface area contributed by atoms with Gasteiger partial charge in [-0.05, 0) is 119 Å². The summed E-state index contributed by atoms with van der Waals surface area (Å²) < 4.78 is 12.3. The van der Waals surface area contributed by atoms with Crippen LogP contribution < -0.4 is 32.0 Å². The number of amides is 2. The number of aryl methyl sites for hydroxylation is 2. The van der Waals surface area contributed by atoms with E-state index in [0.717, 1.165) is 11.1 Å². The number of hydrogen-bond acceptors (Lipinski definition) is 13. The van der Waals surface area contributed by atoms with E-state index in [2.05, 4.69) is 47.9 Å². The van der Waals surface area contributed by atoms with Gasteiger partial charge < -0.3 is 36.9 Å². The third kappa shape index (κ3) is 13.6. The average Bonchev–Trinajstić information content (AvgIpc) is 3.32. The molecule has 69 heavy (non-hydrogen) atoms. The highest BCUT2D eigenvalue weighted by Crippen LogP contribution is 2.41. The predicted octanol–water partition coefficient (Wildman–Crippen LogP) is 5.90. The molecule has 3 aromatic carbocycles. The van der Waals surface area contributed by atoms with E-state index in [1.54, 1.807) is 51.1 Å². The standard InChI is InChI=1S/C54H64N8O7/c1-32(2)34(4)39-14-10-37(11-15-39)13-19-50-59-35(5)51(36(6)60-50)46(64)31-41(20-22-56)54(67)62(7)52-40-16-18-49(69-26-24-58)43(30-40)42-28-38(12-17-48(42)68-25-23-57)29-44(45(63)9-8-21-55)61-53(66)33(3)27-47(52)65/h10-12,14-18,28,30,33,41,44,52H,8-9,20,22-27,29,31,56-58H2,1-7H3,(H,61,66)/t33-,41-,44+,52+/m1/s1. The number of ether oxygens (including phenoxy) is 2. The first kappa shape index (κ1) is 52.9. The largest absolute Gasteiger partial charge is 0.492 e. The molecule has 15 nitrogen and oxygen atoms in total. The molecular formula is C54H64N8O7. The third-order valence-corrected chi connectivity index (χ3v) is 12.3. The Morgan fingerprint density at radius 3 is 2.07 bits per heavy atom. The van der Waals surface area contributed by atoms with E-state index in [4.69, 9.17) is 26.7 Å². The quantitative estimate of drug-likeness (QED) is 0.0713. The zero-order valence-corrected chi connectivity index (χ0v) is 40.7. The molecule has 4 aromatic rings. The molecule has 1 aromatic heterocycles. The summed E-state index contributed by atoms with van der Waals surface area (Å²) in [6, 6.07) is 18.1. The molecule has 1 aliphatic heterocycles. The van der Waals surface area contributed by atoms with Crippen LogP contribution in [0.2, 0.25) is 0 Å². The van der Waals surface area contributed by atoms with Crippen molar-refractivity contribution < 1.29 is 33.4 Å². The summed E-state index contributed by atoms with van der Waals surface area (Å²) in [7, 11) is 1.49. The number of rotatable bonds is 17. The number of fused-ring (bicyclic) bond motifs is 5. The Morgan fingerprint density at radius 2 is 1.48 bits per heavy atom. The number of allylic oxidation sites excluding steroid dienone is 2. The molecule has 0 saturated heterocycles. The second-order valence-corrected chi connectivity index (χ2v) is 17.6. The highest BCUT2D eigenvalue weighted by molar-refractivity contribution is 6.01. The van der Waals surface area contributed by atoms with Gasteiger partial charge in [0.1, 0.15) is 30.8 Å². The summed E-state index contributed by atoms with van der Waals surface area (Å²) in [5, 5.41) is 12.1. The van der Waals surface area contributed by atoms with Crippen molar-refractivity contribution in [3.63, 3.8) is 0 Å². The van der Waals surface area contributed by atoms with Crippen LogP contribution in [0.1, 0.15) is 116 Å². The Labute approximate surface area is 405 Å². The molecule has 0 aliphatic carbocycles. The first-order valence-electron chi connectivity index (χ1n) is 23.3. The van der Waals surface area contributed by atoms with Gasteiger partial charge in [-0.2, -0.15) is 5.26 Å². The molecule has 0 saturated carbocycles. The van der Waals surface area contributed by atoms with E-state index in [1.165, 1.54) is 23.1 Å². The number of nitrogens with two attached hydrogens (primary N) is 3. The number of benzene rings is 3. The zero-order valence-electron chi connectivity index (χ0n) is 40.7. The Balaban J connectivity index is 1.53. The van der Waals surface area contributed by atoms with Crippen molar-refractivity contribution in [2.24, 2.45) is 29.0 Å². The lowest BCUT2D eigenvalue weighted by Gasteiger charge is -2.32. The molecular weight excluding hydrogens is 873 g/mol. The van der Waals surface area contributed by atoms with Gasteiger partial charge in [0.05, 0.1) is 29.1 Å². The number of ketones is 3. The van der Waals surface area contributed by atoms with Crippen molar-refractivity contribution in [1.29, 1.82) is 5.26 Å². The number of carbonyl (C=O) groups is 5. The normalized spacial score (nSPS) is 16.1. The molecule has 15 heteroatoms. The Kier molecular flexibility index (Phi) is 19.0. The van der Waals surface area contributed by atoms with Crippen molar-refractivity contribution in [1.82, 2.24) is 20.2 Å². The summed E-state index contributed by atoms with van der Waals surface area (Å²) in [6.45, 7) is 12.0. The lowest BCUT2D eigenvalue weighted by atomic mass is 9.88. The van der Waals surface area contributed by atoms with Gasteiger partial charge in [0.25, 0.3) is 0 Å². The fourth-order valence-corrected chi connectivity index (χ4v) is 8.36. The van der Waals surface area contributed by atoms with Crippen LogP contribution >= 0.6 is 0 Å². The molecule has 0 fully saturated rings. The van der Waals surface area contributed by atoms with Crippen molar-refractivity contribution in [3.8, 4) is 40.5 Å². The van der Waals surface area contributed by atoms with Gasteiger partial charge in [0, 0.05) is 74.3 Å². The Morgan fingerprint density at radius 1 is 0.855 bits per heavy atom. The van der Waals surface area contributed by atoms with Gasteiger partial charge in [-0.3, -0.25) is 24.0 Å². The number of aromatic nitrogens is 2. The van der Waals surface area contributed by atoms with E-state index >= 15 is 0 Å². The van der Waals surface area contributed by atoms with Gasteiger partial charge in [0.15, 0.2) is 17.3 Å². The van der Waals surface area contributed by atoms with Gasteiger partial charge in [0.2, 0.25) is 17.6 Å². The van der Waals surface area contributed by atoms with Crippen molar-refractivity contribution in [2.45, 2.75) is 92.2 Å². The van der Waals surface area contributed by atoms with Crippen LogP contribution in [0.4, 0.5) is 0 Å². The molecule has 0 unspecified atom stereocenters. The molecule has 5 rings (SSSR count). The molecule has 1 aliphatic rings. The number of nitrogens with one attached hydrogen (secondary N) is 1. The number of carbonyl (C=O) groups excluding carboxylic acids is 5. The summed E-state index contributed by atoms with van der Waals surface area (Å²) >= 11 is 0. The van der Waals surface area contributed by atoms with Crippen LogP contribution in [0.25, 0.3) is 16.7 Å². The van der Waals surface area contributed by atoms with Crippen LogP contribution in [0.3, 0.4) is 0 Å². The number of likely N-dealkylation sites (N-methyl/N-ethyl adjacent to an activating group) is 1. The minimum atomic E-state index is -1.25. The summed E-state index contributed by atoms with van der Waals surface area (Å²) in [5.41, 5.74) is 25.3. The van der Waals surface area contributed by atoms with Crippen LogP contribution in [0.15, 0.2) is 66.2 Å². The van der Waals surface area contributed by atoms with Gasteiger partial charge in [-0.1, -0.05) is 42.7 Å². The molecule has 4 atom stereocenters. The second kappa shape index (κ2) is 24.8. The van der Waals surface area contributed by atoms with Crippen LogP contribution in [-0.2, 0) is 25.6 Å². The maximum absolute atomic E-state index is 14.8. The monoisotopic (exact) mass is 936 g/mol.